The Morgan fingerprint density at radius 2 is 1.64 bits per heavy atom. The zero-order chi connectivity index (χ0) is 20.9. The standard InChI is InChI=1S/C20H25FN2O4S/c1-14(2)15(3)22-20(24)13-23(17-7-5-16(21)6-8-17)28(25,26)19-11-9-18(27-4)10-12-19/h5-12,14-15H,13H2,1-4H3,(H,22,24)/t15-/m1/s1. The summed E-state index contributed by atoms with van der Waals surface area (Å²) >= 11 is 0. The molecule has 0 unspecified atom stereocenters. The van der Waals surface area contributed by atoms with E-state index in [1.807, 2.05) is 20.8 Å². The van der Waals surface area contributed by atoms with Crippen LogP contribution in [0.5, 0.6) is 5.75 Å². The van der Waals surface area contributed by atoms with Crippen molar-refractivity contribution in [3.8, 4) is 5.75 Å². The number of halogens is 1. The number of methoxy groups -OCH3 is 1. The summed E-state index contributed by atoms with van der Waals surface area (Å²) in [7, 11) is -2.57. The van der Waals surface area contributed by atoms with Crippen molar-refractivity contribution >= 4 is 21.6 Å². The van der Waals surface area contributed by atoms with Crippen molar-refractivity contribution in [2.45, 2.75) is 31.7 Å². The maximum absolute atomic E-state index is 13.3. The zero-order valence-electron chi connectivity index (χ0n) is 16.3. The molecule has 0 bridgehead atoms. The van der Waals surface area contributed by atoms with E-state index in [9.17, 15) is 17.6 Å². The molecule has 1 atom stereocenters. The van der Waals surface area contributed by atoms with E-state index >= 15 is 0 Å². The second kappa shape index (κ2) is 9.05. The summed E-state index contributed by atoms with van der Waals surface area (Å²) in [6, 6.07) is 10.7. The highest BCUT2D eigenvalue weighted by Gasteiger charge is 2.28. The molecule has 0 spiro atoms. The summed E-state index contributed by atoms with van der Waals surface area (Å²) < 4.78 is 45.7. The average molecular weight is 408 g/mol. The number of ether oxygens (including phenoxy) is 1. The highest BCUT2D eigenvalue weighted by atomic mass is 32.2. The van der Waals surface area contributed by atoms with Gasteiger partial charge in [-0.05, 0) is 61.4 Å². The first kappa shape index (κ1) is 21.7. The highest BCUT2D eigenvalue weighted by molar-refractivity contribution is 7.92. The SMILES string of the molecule is COc1ccc(S(=O)(=O)N(CC(=O)N[C@H](C)C(C)C)c2ccc(F)cc2)cc1. The van der Waals surface area contributed by atoms with Gasteiger partial charge in [0.1, 0.15) is 18.1 Å². The summed E-state index contributed by atoms with van der Waals surface area (Å²) in [5.74, 6) is -0.233. The Morgan fingerprint density at radius 3 is 2.14 bits per heavy atom. The van der Waals surface area contributed by atoms with E-state index in [-0.39, 0.29) is 22.5 Å². The minimum absolute atomic E-state index is 0.00216. The van der Waals surface area contributed by atoms with E-state index in [0.717, 1.165) is 16.4 Å². The number of hydrogen-bond donors (Lipinski definition) is 1. The minimum Gasteiger partial charge on any atom is -0.497 e. The largest absolute Gasteiger partial charge is 0.497 e. The third-order valence-electron chi connectivity index (χ3n) is 4.44. The van der Waals surface area contributed by atoms with Gasteiger partial charge in [0.05, 0.1) is 17.7 Å². The van der Waals surface area contributed by atoms with Crippen LogP contribution in [0.1, 0.15) is 20.8 Å². The molecule has 0 aliphatic rings. The number of amides is 1. The Morgan fingerprint density at radius 1 is 1.07 bits per heavy atom. The van der Waals surface area contributed by atoms with Crippen molar-refractivity contribution < 1.29 is 22.3 Å². The zero-order valence-corrected chi connectivity index (χ0v) is 17.2. The lowest BCUT2D eigenvalue weighted by Crippen LogP contribution is -2.45. The van der Waals surface area contributed by atoms with Gasteiger partial charge in [-0.3, -0.25) is 9.10 Å². The van der Waals surface area contributed by atoms with Crippen molar-refractivity contribution in [3.63, 3.8) is 0 Å². The number of carbonyl (C=O) groups excluding carboxylic acids is 1. The maximum Gasteiger partial charge on any atom is 0.264 e. The minimum atomic E-state index is -4.05. The van der Waals surface area contributed by atoms with Gasteiger partial charge in [-0.15, -0.1) is 0 Å². The molecule has 1 N–H and O–H groups in total. The van der Waals surface area contributed by atoms with E-state index in [1.165, 1.54) is 43.5 Å². The summed E-state index contributed by atoms with van der Waals surface area (Å²) in [5.41, 5.74) is 0.199. The number of sulfonamides is 1. The quantitative estimate of drug-likeness (QED) is 0.728. The molecular formula is C20H25FN2O4S. The Labute approximate surface area is 165 Å². The Hall–Kier alpha value is -2.61. The van der Waals surface area contributed by atoms with Crippen LogP contribution < -0.4 is 14.4 Å². The van der Waals surface area contributed by atoms with Crippen molar-refractivity contribution in [1.29, 1.82) is 0 Å². The Bertz CT molecular complexity index is 897. The number of anilines is 1. The van der Waals surface area contributed by atoms with Crippen molar-refractivity contribution in [3.05, 3.63) is 54.3 Å². The van der Waals surface area contributed by atoms with Gasteiger partial charge in [0, 0.05) is 6.04 Å². The monoisotopic (exact) mass is 408 g/mol. The molecule has 152 valence electrons. The van der Waals surface area contributed by atoms with Gasteiger partial charge in [0.2, 0.25) is 5.91 Å². The third kappa shape index (κ3) is 5.22. The van der Waals surface area contributed by atoms with Gasteiger partial charge in [-0.2, -0.15) is 0 Å². The number of rotatable bonds is 8. The van der Waals surface area contributed by atoms with Crippen LogP contribution in [0.3, 0.4) is 0 Å². The molecule has 0 fully saturated rings. The van der Waals surface area contributed by atoms with Gasteiger partial charge in [-0.1, -0.05) is 13.8 Å². The molecule has 2 aromatic rings. The lowest BCUT2D eigenvalue weighted by molar-refractivity contribution is -0.120. The molecule has 0 aliphatic heterocycles. The van der Waals surface area contributed by atoms with E-state index in [2.05, 4.69) is 5.32 Å². The molecule has 0 saturated heterocycles. The molecule has 6 nitrogen and oxygen atoms in total. The van der Waals surface area contributed by atoms with Crippen LogP contribution >= 0.6 is 0 Å². The van der Waals surface area contributed by atoms with Crippen LogP contribution in [0.25, 0.3) is 0 Å². The smallest absolute Gasteiger partial charge is 0.264 e. The predicted molar refractivity (Wildman–Crippen MR) is 106 cm³/mol. The van der Waals surface area contributed by atoms with Gasteiger partial charge in [0.15, 0.2) is 0 Å². The van der Waals surface area contributed by atoms with Crippen molar-refractivity contribution in [1.82, 2.24) is 5.32 Å². The summed E-state index contributed by atoms with van der Waals surface area (Å²) in [5, 5.41) is 2.79. The van der Waals surface area contributed by atoms with Crippen LogP contribution in [0.15, 0.2) is 53.4 Å². The molecule has 0 heterocycles. The molecular weight excluding hydrogens is 383 g/mol. The summed E-state index contributed by atoms with van der Waals surface area (Å²) in [6.07, 6.45) is 0. The van der Waals surface area contributed by atoms with Gasteiger partial charge < -0.3 is 10.1 Å². The van der Waals surface area contributed by atoms with E-state index < -0.39 is 28.3 Å². The molecule has 2 aromatic carbocycles. The second-order valence-corrected chi connectivity index (χ2v) is 8.63. The van der Waals surface area contributed by atoms with Crippen LogP contribution in [0, 0.1) is 11.7 Å². The fourth-order valence-corrected chi connectivity index (χ4v) is 3.81. The molecule has 1 amide bonds. The number of benzene rings is 2. The predicted octanol–water partition coefficient (Wildman–Crippen LogP) is 3.19. The average Bonchev–Trinajstić information content (AvgIpc) is 2.66. The maximum atomic E-state index is 13.3. The first-order valence-electron chi connectivity index (χ1n) is 8.87. The lowest BCUT2D eigenvalue weighted by atomic mass is 10.1. The summed E-state index contributed by atoms with van der Waals surface area (Å²) in [4.78, 5) is 12.5. The number of hydrogen-bond acceptors (Lipinski definition) is 4. The fourth-order valence-electron chi connectivity index (χ4n) is 2.39. The molecule has 0 aromatic heterocycles. The molecule has 28 heavy (non-hydrogen) atoms. The lowest BCUT2D eigenvalue weighted by Gasteiger charge is -2.26. The van der Waals surface area contributed by atoms with E-state index in [1.54, 1.807) is 0 Å². The number of carbonyl (C=O) groups is 1. The molecule has 0 aliphatic carbocycles. The van der Waals surface area contributed by atoms with Crippen LogP contribution in [-0.2, 0) is 14.8 Å². The van der Waals surface area contributed by atoms with Crippen LogP contribution in [0.2, 0.25) is 0 Å². The van der Waals surface area contributed by atoms with Gasteiger partial charge in [-0.25, -0.2) is 12.8 Å². The van der Waals surface area contributed by atoms with Crippen LogP contribution in [0.4, 0.5) is 10.1 Å². The highest BCUT2D eigenvalue weighted by Crippen LogP contribution is 2.25. The van der Waals surface area contributed by atoms with Crippen LogP contribution in [-0.4, -0.2) is 34.0 Å². The normalized spacial score (nSPS) is 12.5. The second-order valence-electron chi connectivity index (χ2n) is 6.76. The molecule has 2 rings (SSSR count). The first-order chi connectivity index (χ1) is 13.1. The van der Waals surface area contributed by atoms with E-state index in [0.29, 0.717) is 5.75 Å². The Kier molecular flexibility index (Phi) is 7.01. The molecule has 0 radical (unpaired) electrons. The number of nitrogens with one attached hydrogen (secondary N) is 1. The Balaban J connectivity index is 2.39. The fraction of sp³-hybridized carbons (Fsp3) is 0.350. The first-order valence-corrected chi connectivity index (χ1v) is 10.3. The number of nitrogens with zero attached hydrogens (tertiary/aromatic N) is 1. The topological polar surface area (TPSA) is 75.7 Å². The van der Waals surface area contributed by atoms with Gasteiger partial charge >= 0.3 is 0 Å². The van der Waals surface area contributed by atoms with Crippen molar-refractivity contribution in [2.75, 3.05) is 18.0 Å². The molecule has 8 heteroatoms. The van der Waals surface area contributed by atoms with Crippen molar-refractivity contribution in [2.24, 2.45) is 5.92 Å². The molecule has 0 saturated carbocycles. The van der Waals surface area contributed by atoms with E-state index in [4.69, 9.17) is 4.74 Å². The third-order valence-corrected chi connectivity index (χ3v) is 6.23. The van der Waals surface area contributed by atoms with Gasteiger partial charge in [0.25, 0.3) is 10.0 Å². The summed E-state index contributed by atoms with van der Waals surface area (Å²) in [6.45, 7) is 5.34.